The number of rotatable bonds is 10. The quantitative estimate of drug-likeness (QED) is 0.0752. The summed E-state index contributed by atoms with van der Waals surface area (Å²) in [7, 11) is 1.29. The zero-order chi connectivity index (χ0) is 34.3. The molecule has 2 aliphatic rings. The van der Waals surface area contributed by atoms with Gasteiger partial charge in [0.1, 0.15) is 39.2 Å². The summed E-state index contributed by atoms with van der Waals surface area (Å²) in [4.78, 5) is 74.1. The Morgan fingerprint density at radius 3 is 2.73 bits per heavy atom. The Kier molecular flexibility index (Phi) is 8.93. The summed E-state index contributed by atoms with van der Waals surface area (Å²) < 4.78 is 5.16. The largest absolute Gasteiger partial charge is 0.504 e. The van der Waals surface area contributed by atoms with E-state index in [0.717, 1.165) is 28.0 Å². The third-order valence-electron chi connectivity index (χ3n) is 7.50. The Labute approximate surface area is 282 Å². The van der Waals surface area contributed by atoms with Crippen molar-refractivity contribution in [1.82, 2.24) is 35.7 Å². The minimum atomic E-state index is -1.50. The van der Waals surface area contributed by atoms with Crippen molar-refractivity contribution >= 4 is 74.9 Å². The van der Waals surface area contributed by atoms with E-state index < -0.39 is 46.6 Å². The Morgan fingerprint density at radius 1 is 1.23 bits per heavy atom. The Bertz CT molecular complexity index is 2110. The van der Waals surface area contributed by atoms with Gasteiger partial charge in [-0.25, -0.2) is 4.79 Å². The molecule has 3 aromatic heterocycles. The number of β-lactam (4-membered cyclic amide) rings is 1. The van der Waals surface area contributed by atoms with Crippen molar-refractivity contribution in [3.63, 3.8) is 0 Å². The molecule has 6 rings (SSSR count). The molecule has 5 heterocycles. The highest BCUT2D eigenvalue weighted by atomic mass is 32.2. The molecule has 19 heteroatoms. The van der Waals surface area contributed by atoms with Gasteiger partial charge in [-0.2, -0.15) is 0 Å². The maximum Gasteiger partial charge on any atom is 0.353 e. The van der Waals surface area contributed by atoms with E-state index in [0.29, 0.717) is 5.52 Å². The van der Waals surface area contributed by atoms with Crippen LogP contribution >= 0.6 is 35.3 Å². The minimum Gasteiger partial charge on any atom is -0.504 e. The second kappa shape index (κ2) is 13.1. The number of aromatic hydroxyl groups is 1. The number of carbonyl (C=O) groups excluding carboxylic acids is 3. The molecular weight excluding hydrogens is 687 g/mol. The number of aliphatic carboxylic acids is 1. The molecule has 1 saturated heterocycles. The smallest absolute Gasteiger partial charge is 0.353 e. The number of thiocarbonyl (C=S) groups is 1. The number of fused-ring (bicyclic) bond motifs is 2. The number of thioether (sulfide) groups is 1. The highest BCUT2D eigenvalue weighted by molar-refractivity contribution is 8.00. The van der Waals surface area contributed by atoms with E-state index in [1.165, 1.54) is 37.7 Å². The maximum atomic E-state index is 13.8. The Hall–Kier alpha value is -5.24. The predicted octanol–water partition coefficient (Wildman–Crippen LogP) is 0.609. The van der Waals surface area contributed by atoms with E-state index in [4.69, 9.17) is 17.0 Å². The molecule has 16 nitrogen and oxygen atoms in total. The summed E-state index contributed by atoms with van der Waals surface area (Å²) in [5.74, 6) is -4.14. The second-order valence-corrected chi connectivity index (χ2v) is 12.9. The van der Waals surface area contributed by atoms with Crippen LogP contribution in [-0.4, -0.2) is 93.2 Å². The Morgan fingerprint density at radius 2 is 2.02 bits per heavy atom. The van der Waals surface area contributed by atoms with Gasteiger partial charge < -0.3 is 35.7 Å². The van der Waals surface area contributed by atoms with Crippen molar-refractivity contribution < 1.29 is 39.2 Å². The number of hydrogen-bond acceptors (Lipinski definition) is 14. The zero-order valence-corrected chi connectivity index (χ0v) is 26.9. The van der Waals surface area contributed by atoms with Crippen LogP contribution < -0.4 is 20.8 Å². The summed E-state index contributed by atoms with van der Waals surface area (Å²) in [5.41, 5.74) is -0.676. The maximum absolute atomic E-state index is 13.8. The van der Waals surface area contributed by atoms with Crippen LogP contribution in [-0.2, 0) is 21.0 Å². The minimum absolute atomic E-state index is 0.00744. The fourth-order valence-electron chi connectivity index (χ4n) is 5.17. The average Bonchev–Trinajstić information content (AvgIpc) is 3.58. The summed E-state index contributed by atoms with van der Waals surface area (Å²) in [6, 6.07) is 4.43. The van der Waals surface area contributed by atoms with E-state index in [1.54, 1.807) is 12.1 Å². The SMILES string of the molecule is COc1cc(C(NC(=O)c2c[nH]c3cccnc3c2=O)C(=O)NC2C(=O)N3C(C(=O)O)=C(C(=S)c4nnc(CO)s4)CS[C@@H]23)ccc1O. The van der Waals surface area contributed by atoms with Gasteiger partial charge in [0.15, 0.2) is 16.5 Å². The van der Waals surface area contributed by atoms with Crippen molar-refractivity contribution in [2.75, 3.05) is 12.9 Å². The van der Waals surface area contributed by atoms with Crippen molar-refractivity contribution in [2.45, 2.75) is 24.1 Å². The normalized spacial score (nSPS) is 17.7. The summed E-state index contributed by atoms with van der Waals surface area (Å²) >= 11 is 7.62. The summed E-state index contributed by atoms with van der Waals surface area (Å²) in [5, 5.41) is 42.0. The van der Waals surface area contributed by atoms with Crippen LogP contribution in [0.3, 0.4) is 0 Å². The molecule has 4 aromatic rings. The molecule has 1 fully saturated rings. The van der Waals surface area contributed by atoms with Crippen molar-refractivity contribution in [2.24, 2.45) is 0 Å². The number of amides is 3. The number of carboxylic acids is 1. The lowest BCUT2D eigenvalue weighted by Crippen LogP contribution is -2.71. The van der Waals surface area contributed by atoms with Gasteiger partial charge in [0.25, 0.3) is 11.8 Å². The lowest BCUT2D eigenvalue weighted by atomic mass is 9.99. The topological polar surface area (TPSA) is 237 Å². The number of aliphatic hydroxyl groups excluding tert-OH is 1. The number of aromatic nitrogens is 4. The van der Waals surface area contributed by atoms with Gasteiger partial charge in [-0.3, -0.25) is 29.1 Å². The molecule has 0 bridgehead atoms. The molecule has 0 radical (unpaired) electrons. The third-order valence-corrected chi connectivity index (χ3v) is 10.3. The first-order chi connectivity index (χ1) is 23.0. The van der Waals surface area contributed by atoms with Crippen LogP contribution in [0.15, 0.2) is 58.8 Å². The first kappa shape index (κ1) is 32.7. The standard InChI is InChI=1S/C29H23N7O9S3/c1-45-16-7-11(4-5-15(16)38)18(32-24(40)12-8-31-14-3-2-6-30-19(14)22(12)39)25(41)33-20-27(42)36-21(29(43)44)13(10-47-28(20)36)23(46)26-35-34-17(9-37)48-26/h2-8,18,20,28,37-38H,9-10H2,1H3,(H,31,39)(H,32,40)(H,33,41)(H,43,44)/t18?,20?,28-/m0/s1. The fourth-order valence-corrected chi connectivity index (χ4v) is 7.61. The lowest BCUT2D eigenvalue weighted by Gasteiger charge is -2.49. The number of methoxy groups -OCH3 is 1. The number of carbonyl (C=O) groups is 4. The van der Waals surface area contributed by atoms with Crippen LogP contribution in [0.1, 0.15) is 32.0 Å². The van der Waals surface area contributed by atoms with Crippen LogP contribution in [0.5, 0.6) is 11.5 Å². The fraction of sp³-hybridized carbons (Fsp3) is 0.207. The molecule has 0 spiro atoms. The number of phenols is 1. The van der Waals surface area contributed by atoms with Crippen LogP contribution in [0.4, 0.5) is 0 Å². The van der Waals surface area contributed by atoms with E-state index in [9.17, 15) is 39.3 Å². The molecule has 0 aliphatic carbocycles. The number of aromatic amines is 1. The number of H-pyrrole nitrogens is 1. The van der Waals surface area contributed by atoms with E-state index >= 15 is 0 Å². The van der Waals surface area contributed by atoms with Gasteiger partial charge in [-0.15, -0.1) is 22.0 Å². The zero-order valence-electron chi connectivity index (χ0n) is 24.5. The number of nitrogens with zero attached hydrogens (tertiary/aromatic N) is 4. The number of benzene rings is 1. The monoisotopic (exact) mass is 709 g/mol. The van der Waals surface area contributed by atoms with Gasteiger partial charge in [0.05, 0.1) is 24.1 Å². The molecule has 6 N–H and O–H groups in total. The third kappa shape index (κ3) is 5.76. The van der Waals surface area contributed by atoms with E-state index in [2.05, 4.69) is 30.8 Å². The molecule has 246 valence electrons. The van der Waals surface area contributed by atoms with Gasteiger partial charge in [-0.05, 0) is 29.8 Å². The first-order valence-electron chi connectivity index (χ1n) is 13.9. The Balaban J connectivity index is 1.28. The van der Waals surface area contributed by atoms with Crippen LogP contribution in [0.25, 0.3) is 11.0 Å². The van der Waals surface area contributed by atoms with Gasteiger partial charge in [-0.1, -0.05) is 29.6 Å². The second-order valence-electron chi connectivity index (χ2n) is 10.3. The summed E-state index contributed by atoms with van der Waals surface area (Å²) in [6.45, 7) is -0.373. The molecule has 48 heavy (non-hydrogen) atoms. The van der Waals surface area contributed by atoms with E-state index in [1.807, 2.05) is 0 Å². The van der Waals surface area contributed by atoms with Gasteiger partial charge in [0, 0.05) is 23.7 Å². The molecular formula is C29H23N7O9S3. The number of carboxylic acid groups (broad SMARTS) is 1. The highest BCUT2D eigenvalue weighted by Gasteiger charge is 2.55. The average molecular weight is 710 g/mol. The molecule has 3 atom stereocenters. The highest BCUT2D eigenvalue weighted by Crippen LogP contribution is 2.42. The van der Waals surface area contributed by atoms with Crippen LogP contribution in [0, 0.1) is 0 Å². The number of aliphatic hydroxyl groups is 1. The van der Waals surface area contributed by atoms with Crippen molar-refractivity contribution in [3.8, 4) is 11.5 Å². The molecule has 1 aromatic carbocycles. The number of hydrogen-bond donors (Lipinski definition) is 6. The van der Waals surface area contributed by atoms with Crippen molar-refractivity contribution in [1.29, 1.82) is 0 Å². The lowest BCUT2D eigenvalue weighted by molar-refractivity contribution is -0.150. The van der Waals surface area contributed by atoms with Gasteiger partial charge >= 0.3 is 5.97 Å². The molecule has 2 aliphatic heterocycles. The number of nitrogens with one attached hydrogen (secondary N) is 3. The number of phenolic OH excluding ortho intramolecular Hbond substituents is 1. The van der Waals surface area contributed by atoms with Crippen LogP contribution in [0.2, 0.25) is 0 Å². The van der Waals surface area contributed by atoms with Crippen molar-refractivity contribution in [3.05, 3.63) is 85.4 Å². The first-order valence-corrected chi connectivity index (χ1v) is 16.1. The van der Waals surface area contributed by atoms with E-state index in [-0.39, 0.29) is 66.7 Å². The van der Waals surface area contributed by atoms with Gasteiger partial charge in [0.2, 0.25) is 11.3 Å². The summed E-state index contributed by atoms with van der Waals surface area (Å²) in [6.07, 6.45) is 2.58. The molecule has 2 unspecified atom stereocenters. The number of ether oxygens (including phenoxy) is 1. The predicted molar refractivity (Wildman–Crippen MR) is 174 cm³/mol. The number of pyridine rings is 2. The molecule has 0 saturated carbocycles. The molecule has 3 amide bonds.